The third-order valence-electron chi connectivity index (χ3n) is 5.72. The summed E-state index contributed by atoms with van der Waals surface area (Å²) in [5.41, 5.74) is 1.56. The number of hydrogen-bond acceptors (Lipinski definition) is 4. The topological polar surface area (TPSA) is 78.5 Å². The molecule has 0 radical (unpaired) electrons. The summed E-state index contributed by atoms with van der Waals surface area (Å²) < 4.78 is 28.0. The molecule has 30 heavy (non-hydrogen) atoms. The second-order valence-corrected chi connectivity index (χ2v) is 9.93. The predicted octanol–water partition coefficient (Wildman–Crippen LogP) is 3.41. The van der Waals surface area contributed by atoms with E-state index in [0.29, 0.717) is 37.4 Å². The molecular weight excluding hydrogens is 398 g/mol. The molecule has 1 aliphatic heterocycles. The van der Waals surface area contributed by atoms with Crippen molar-refractivity contribution in [2.45, 2.75) is 50.6 Å². The molecule has 1 heterocycles. The SMILES string of the molecule is CC(C)[C@H](C)NC(=O)c1ccccc1N1CCC(NS(=O)(=O)c2ccccc2)CC1. The summed E-state index contributed by atoms with van der Waals surface area (Å²) in [7, 11) is -3.52. The molecule has 0 aliphatic carbocycles. The first-order valence-electron chi connectivity index (χ1n) is 10.5. The van der Waals surface area contributed by atoms with Crippen molar-refractivity contribution in [3.8, 4) is 0 Å². The van der Waals surface area contributed by atoms with Gasteiger partial charge in [0.15, 0.2) is 0 Å². The first-order chi connectivity index (χ1) is 14.3. The number of amides is 1. The Hall–Kier alpha value is -2.38. The zero-order chi connectivity index (χ0) is 21.7. The van der Waals surface area contributed by atoms with E-state index in [1.54, 1.807) is 30.3 Å². The van der Waals surface area contributed by atoms with Gasteiger partial charge in [0, 0.05) is 30.9 Å². The van der Waals surface area contributed by atoms with Crippen LogP contribution in [0.15, 0.2) is 59.5 Å². The summed E-state index contributed by atoms with van der Waals surface area (Å²) in [5.74, 6) is 0.285. The lowest BCUT2D eigenvalue weighted by Crippen LogP contribution is -2.45. The first-order valence-corrected chi connectivity index (χ1v) is 12.0. The summed E-state index contributed by atoms with van der Waals surface area (Å²) in [6.45, 7) is 7.55. The number of nitrogens with zero attached hydrogens (tertiary/aromatic N) is 1. The fraction of sp³-hybridized carbons (Fsp3) is 0.435. The van der Waals surface area contributed by atoms with Crippen LogP contribution >= 0.6 is 0 Å². The van der Waals surface area contributed by atoms with Crippen molar-refractivity contribution in [1.82, 2.24) is 10.0 Å². The van der Waals surface area contributed by atoms with Crippen molar-refractivity contribution in [3.63, 3.8) is 0 Å². The molecule has 2 aromatic rings. The third kappa shape index (κ3) is 5.40. The molecule has 1 saturated heterocycles. The molecule has 1 amide bonds. The molecular formula is C23H31N3O3S. The fourth-order valence-electron chi connectivity index (χ4n) is 3.52. The Morgan fingerprint density at radius 2 is 1.57 bits per heavy atom. The number of carbonyl (C=O) groups excluding carboxylic acids is 1. The van der Waals surface area contributed by atoms with Crippen LogP contribution in [0.3, 0.4) is 0 Å². The summed E-state index contributed by atoms with van der Waals surface area (Å²) in [6, 6.07) is 16.0. The number of hydrogen-bond donors (Lipinski definition) is 2. The monoisotopic (exact) mass is 429 g/mol. The molecule has 1 aliphatic rings. The van der Waals surface area contributed by atoms with Gasteiger partial charge in [-0.05, 0) is 49.9 Å². The van der Waals surface area contributed by atoms with Gasteiger partial charge in [0.25, 0.3) is 5.91 Å². The highest BCUT2D eigenvalue weighted by atomic mass is 32.2. The molecule has 0 spiro atoms. The highest BCUT2D eigenvalue weighted by Crippen LogP contribution is 2.25. The van der Waals surface area contributed by atoms with Crippen LogP contribution in [0.4, 0.5) is 5.69 Å². The van der Waals surface area contributed by atoms with E-state index in [0.717, 1.165) is 5.69 Å². The summed E-state index contributed by atoms with van der Waals surface area (Å²) in [4.78, 5) is 15.3. The van der Waals surface area contributed by atoms with Gasteiger partial charge in [0.05, 0.1) is 10.5 Å². The number of carbonyl (C=O) groups is 1. The van der Waals surface area contributed by atoms with Crippen molar-refractivity contribution in [1.29, 1.82) is 0 Å². The van der Waals surface area contributed by atoms with Crippen LogP contribution < -0.4 is 14.9 Å². The second-order valence-electron chi connectivity index (χ2n) is 8.22. The van der Waals surface area contributed by atoms with Gasteiger partial charge in [-0.3, -0.25) is 4.79 Å². The lowest BCUT2D eigenvalue weighted by molar-refractivity contribution is 0.0931. The van der Waals surface area contributed by atoms with E-state index in [9.17, 15) is 13.2 Å². The van der Waals surface area contributed by atoms with Gasteiger partial charge in [0.2, 0.25) is 10.0 Å². The number of sulfonamides is 1. The van der Waals surface area contributed by atoms with Gasteiger partial charge in [-0.15, -0.1) is 0 Å². The molecule has 0 bridgehead atoms. The Morgan fingerprint density at radius 3 is 2.20 bits per heavy atom. The molecule has 2 aromatic carbocycles. The zero-order valence-electron chi connectivity index (χ0n) is 17.8. The largest absolute Gasteiger partial charge is 0.371 e. The van der Waals surface area contributed by atoms with Crippen LogP contribution in [0, 0.1) is 5.92 Å². The second kappa shape index (κ2) is 9.62. The minimum atomic E-state index is -3.52. The maximum atomic E-state index is 12.8. The average molecular weight is 430 g/mol. The number of para-hydroxylation sites is 1. The minimum Gasteiger partial charge on any atom is -0.371 e. The molecule has 6 nitrogen and oxygen atoms in total. The van der Waals surface area contributed by atoms with Crippen LogP contribution in [0.25, 0.3) is 0 Å². The number of rotatable bonds is 7. The van der Waals surface area contributed by atoms with Gasteiger partial charge < -0.3 is 10.2 Å². The summed E-state index contributed by atoms with van der Waals surface area (Å²) in [6.07, 6.45) is 1.37. The summed E-state index contributed by atoms with van der Waals surface area (Å²) in [5, 5.41) is 3.08. The molecule has 0 unspecified atom stereocenters. The molecule has 1 atom stereocenters. The van der Waals surface area contributed by atoms with E-state index in [2.05, 4.69) is 28.8 Å². The van der Waals surface area contributed by atoms with E-state index in [1.807, 2.05) is 31.2 Å². The average Bonchev–Trinajstić information content (AvgIpc) is 2.74. The maximum Gasteiger partial charge on any atom is 0.253 e. The molecule has 3 rings (SSSR count). The number of benzene rings is 2. The van der Waals surface area contributed by atoms with E-state index < -0.39 is 10.0 Å². The van der Waals surface area contributed by atoms with Gasteiger partial charge in [-0.1, -0.05) is 44.2 Å². The van der Waals surface area contributed by atoms with Crippen LogP contribution in [0.5, 0.6) is 0 Å². The van der Waals surface area contributed by atoms with E-state index >= 15 is 0 Å². The fourth-order valence-corrected chi connectivity index (χ4v) is 4.84. The van der Waals surface area contributed by atoms with E-state index in [1.165, 1.54) is 0 Å². The minimum absolute atomic E-state index is 0.0706. The Morgan fingerprint density at radius 1 is 0.967 bits per heavy atom. The van der Waals surface area contributed by atoms with Crippen molar-refractivity contribution in [3.05, 3.63) is 60.2 Å². The van der Waals surface area contributed by atoms with Crippen LogP contribution in [0.2, 0.25) is 0 Å². The molecule has 0 aromatic heterocycles. The number of anilines is 1. The molecule has 162 valence electrons. The van der Waals surface area contributed by atoms with Gasteiger partial charge in [-0.2, -0.15) is 0 Å². The maximum absolute atomic E-state index is 12.8. The lowest BCUT2D eigenvalue weighted by Gasteiger charge is -2.35. The van der Waals surface area contributed by atoms with Crippen molar-refractivity contribution in [2.24, 2.45) is 5.92 Å². The van der Waals surface area contributed by atoms with Gasteiger partial charge in [0.1, 0.15) is 0 Å². The molecule has 0 saturated carbocycles. The molecule has 1 fully saturated rings. The van der Waals surface area contributed by atoms with Crippen molar-refractivity contribution >= 4 is 21.6 Å². The van der Waals surface area contributed by atoms with Crippen LogP contribution in [-0.2, 0) is 10.0 Å². The van der Waals surface area contributed by atoms with Crippen LogP contribution in [0.1, 0.15) is 44.0 Å². The van der Waals surface area contributed by atoms with Crippen LogP contribution in [-0.4, -0.2) is 39.5 Å². The Balaban J connectivity index is 1.65. The van der Waals surface area contributed by atoms with E-state index in [-0.39, 0.29) is 22.9 Å². The lowest BCUT2D eigenvalue weighted by atomic mass is 10.0. The molecule has 7 heteroatoms. The van der Waals surface area contributed by atoms with E-state index in [4.69, 9.17) is 0 Å². The highest BCUT2D eigenvalue weighted by Gasteiger charge is 2.26. The normalized spacial score (nSPS) is 16.5. The standard InChI is InChI=1S/C23H31N3O3S/c1-17(2)18(3)24-23(27)21-11-7-8-12-22(21)26-15-13-19(14-16-26)25-30(28,29)20-9-5-4-6-10-20/h4-12,17-19,25H,13-16H2,1-3H3,(H,24,27)/t18-/m0/s1. The number of nitrogens with one attached hydrogen (secondary N) is 2. The smallest absolute Gasteiger partial charge is 0.253 e. The number of piperidine rings is 1. The van der Waals surface area contributed by atoms with Gasteiger partial charge >= 0.3 is 0 Å². The first kappa shape index (κ1) is 22.3. The Bertz CT molecular complexity index is 953. The van der Waals surface area contributed by atoms with Gasteiger partial charge in [-0.25, -0.2) is 13.1 Å². The highest BCUT2D eigenvalue weighted by molar-refractivity contribution is 7.89. The Labute approximate surface area is 179 Å². The summed E-state index contributed by atoms with van der Waals surface area (Å²) >= 11 is 0. The predicted molar refractivity (Wildman–Crippen MR) is 120 cm³/mol. The zero-order valence-corrected chi connectivity index (χ0v) is 18.7. The van der Waals surface area contributed by atoms with Crippen molar-refractivity contribution < 1.29 is 13.2 Å². The molecule has 2 N–H and O–H groups in total. The quantitative estimate of drug-likeness (QED) is 0.707. The van der Waals surface area contributed by atoms with Crippen molar-refractivity contribution in [2.75, 3.05) is 18.0 Å². The Kier molecular flexibility index (Phi) is 7.15. The third-order valence-corrected chi connectivity index (χ3v) is 7.25.